The van der Waals surface area contributed by atoms with E-state index in [9.17, 15) is 9.59 Å². The summed E-state index contributed by atoms with van der Waals surface area (Å²) < 4.78 is 5.58. The lowest BCUT2D eigenvalue weighted by Crippen LogP contribution is -2.02. The highest BCUT2D eigenvalue weighted by Crippen LogP contribution is 2.20. The van der Waals surface area contributed by atoms with Crippen LogP contribution in [0.5, 0.6) is 5.75 Å². The van der Waals surface area contributed by atoms with Crippen molar-refractivity contribution in [3.8, 4) is 5.75 Å². The Hall–Kier alpha value is -2.53. The van der Waals surface area contributed by atoms with Gasteiger partial charge in [-0.1, -0.05) is 6.07 Å². The van der Waals surface area contributed by atoms with E-state index >= 15 is 0 Å². The molecule has 0 saturated heterocycles. The van der Waals surface area contributed by atoms with Gasteiger partial charge < -0.3 is 9.84 Å². The van der Waals surface area contributed by atoms with E-state index in [1.165, 1.54) is 13.1 Å². The molecular weight excluding hydrogens is 270 g/mol. The predicted molar refractivity (Wildman–Crippen MR) is 76.3 cm³/mol. The van der Waals surface area contributed by atoms with E-state index in [1.54, 1.807) is 30.5 Å². The predicted octanol–water partition coefficient (Wildman–Crippen LogP) is 2.17. The van der Waals surface area contributed by atoms with Gasteiger partial charge in [0.2, 0.25) is 0 Å². The Morgan fingerprint density at radius 1 is 1.29 bits per heavy atom. The SMILES string of the molecule is CC(=O)c1cncc(COc2ccc(CO)cc2C=O)c1. The standard InChI is InChI=1S/C16H15NO4/c1-11(20)14-5-13(6-17-7-14)10-21-16-3-2-12(8-18)4-15(16)9-19/h2-7,9,18H,8,10H2,1H3. The van der Waals surface area contributed by atoms with Crippen LogP contribution in [0.1, 0.15) is 38.8 Å². The van der Waals surface area contributed by atoms with Gasteiger partial charge in [-0.3, -0.25) is 14.6 Å². The lowest BCUT2D eigenvalue weighted by atomic mass is 10.1. The van der Waals surface area contributed by atoms with Crippen LogP contribution in [-0.4, -0.2) is 22.2 Å². The average molecular weight is 285 g/mol. The number of Topliss-reactive ketones (excluding diaryl/α,β-unsaturated/α-hetero) is 1. The summed E-state index contributed by atoms with van der Waals surface area (Å²) in [6.45, 7) is 1.54. The topological polar surface area (TPSA) is 76.5 Å². The lowest BCUT2D eigenvalue weighted by Gasteiger charge is -2.10. The maximum atomic E-state index is 11.3. The van der Waals surface area contributed by atoms with Crippen LogP contribution in [0.15, 0.2) is 36.7 Å². The largest absolute Gasteiger partial charge is 0.488 e. The molecule has 1 aromatic heterocycles. The molecule has 0 bridgehead atoms. The van der Waals surface area contributed by atoms with Crippen molar-refractivity contribution >= 4 is 12.1 Å². The fourth-order valence-electron chi connectivity index (χ4n) is 1.84. The Morgan fingerprint density at radius 3 is 2.76 bits per heavy atom. The zero-order chi connectivity index (χ0) is 15.2. The average Bonchev–Trinajstić information content (AvgIpc) is 2.53. The van der Waals surface area contributed by atoms with Gasteiger partial charge in [-0.2, -0.15) is 0 Å². The van der Waals surface area contributed by atoms with Crippen molar-refractivity contribution < 1.29 is 19.4 Å². The van der Waals surface area contributed by atoms with E-state index in [4.69, 9.17) is 9.84 Å². The molecule has 0 unspecified atom stereocenters. The van der Waals surface area contributed by atoms with Crippen molar-refractivity contribution in [1.82, 2.24) is 4.98 Å². The number of ether oxygens (including phenoxy) is 1. The summed E-state index contributed by atoms with van der Waals surface area (Å²) in [5.74, 6) is 0.362. The number of rotatable bonds is 6. The highest BCUT2D eigenvalue weighted by molar-refractivity contribution is 5.93. The van der Waals surface area contributed by atoms with Crippen LogP contribution in [0.2, 0.25) is 0 Å². The number of hydrogen-bond donors (Lipinski definition) is 1. The maximum Gasteiger partial charge on any atom is 0.161 e. The minimum Gasteiger partial charge on any atom is -0.488 e. The molecule has 2 rings (SSSR count). The number of carbonyl (C=O) groups is 2. The third kappa shape index (κ3) is 3.73. The molecule has 0 atom stereocenters. The van der Waals surface area contributed by atoms with Gasteiger partial charge in [-0.15, -0.1) is 0 Å². The third-order valence-corrected chi connectivity index (χ3v) is 2.98. The van der Waals surface area contributed by atoms with E-state index in [-0.39, 0.29) is 19.0 Å². The van der Waals surface area contributed by atoms with Gasteiger partial charge >= 0.3 is 0 Å². The quantitative estimate of drug-likeness (QED) is 0.650. The van der Waals surface area contributed by atoms with E-state index in [0.717, 1.165) is 5.56 Å². The Bertz CT molecular complexity index is 667. The number of benzene rings is 1. The first-order valence-corrected chi connectivity index (χ1v) is 6.40. The Kier molecular flexibility index (Phi) is 4.79. The van der Waals surface area contributed by atoms with Crippen molar-refractivity contribution in [2.45, 2.75) is 20.1 Å². The number of aliphatic hydroxyl groups is 1. The summed E-state index contributed by atoms with van der Waals surface area (Å²) >= 11 is 0. The minimum atomic E-state index is -0.133. The molecule has 0 spiro atoms. The number of aliphatic hydroxyl groups excluding tert-OH is 1. The monoisotopic (exact) mass is 285 g/mol. The van der Waals surface area contributed by atoms with Crippen LogP contribution in [0.4, 0.5) is 0 Å². The van der Waals surface area contributed by atoms with Crippen LogP contribution in [0, 0.1) is 0 Å². The van der Waals surface area contributed by atoms with Gasteiger partial charge in [0, 0.05) is 23.5 Å². The first kappa shape index (κ1) is 14.9. The maximum absolute atomic E-state index is 11.3. The molecule has 0 amide bonds. The Labute approximate surface area is 122 Å². The van der Waals surface area contributed by atoms with Crippen LogP contribution in [0.25, 0.3) is 0 Å². The molecule has 108 valence electrons. The number of nitrogens with zero attached hydrogens (tertiary/aromatic N) is 1. The molecule has 21 heavy (non-hydrogen) atoms. The number of aldehydes is 1. The third-order valence-electron chi connectivity index (χ3n) is 2.98. The summed E-state index contributed by atoms with van der Waals surface area (Å²) in [6, 6.07) is 6.61. The minimum absolute atomic E-state index is 0.0646. The fraction of sp³-hybridized carbons (Fsp3) is 0.188. The molecular formula is C16H15NO4. The molecule has 5 nitrogen and oxygen atoms in total. The summed E-state index contributed by atoms with van der Waals surface area (Å²) in [7, 11) is 0. The number of hydrogen-bond acceptors (Lipinski definition) is 5. The second-order valence-corrected chi connectivity index (χ2v) is 4.57. The Balaban J connectivity index is 2.14. The number of aromatic nitrogens is 1. The molecule has 5 heteroatoms. The Morgan fingerprint density at radius 2 is 2.10 bits per heavy atom. The first-order valence-electron chi connectivity index (χ1n) is 6.40. The summed E-state index contributed by atoms with van der Waals surface area (Å²) in [6.07, 6.45) is 3.78. The number of pyridine rings is 1. The lowest BCUT2D eigenvalue weighted by molar-refractivity contribution is 0.101. The van der Waals surface area contributed by atoms with E-state index < -0.39 is 0 Å². The van der Waals surface area contributed by atoms with Crippen molar-refractivity contribution in [3.63, 3.8) is 0 Å². The van der Waals surface area contributed by atoms with Crippen molar-refractivity contribution in [2.24, 2.45) is 0 Å². The fourth-order valence-corrected chi connectivity index (χ4v) is 1.84. The molecule has 0 fully saturated rings. The van der Waals surface area contributed by atoms with Gasteiger partial charge in [0.1, 0.15) is 12.4 Å². The van der Waals surface area contributed by atoms with Crippen molar-refractivity contribution in [2.75, 3.05) is 0 Å². The molecule has 0 radical (unpaired) electrons. The van der Waals surface area contributed by atoms with Gasteiger partial charge in [-0.25, -0.2) is 0 Å². The normalized spacial score (nSPS) is 10.2. The van der Waals surface area contributed by atoms with Gasteiger partial charge in [0.05, 0.1) is 12.2 Å². The van der Waals surface area contributed by atoms with E-state index in [1.807, 2.05) is 0 Å². The van der Waals surface area contributed by atoms with Crippen LogP contribution < -0.4 is 4.74 Å². The molecule has 1 heterocycles. The summed E-state index contributed by atoms with van der Waals surface area (Å²) in [5, 5.41) is 9.04. The molecule has 1 aromatic carbocycles. The van der Waals surface area contributed by atoms with Crippen LogP contribution in [0.3, 0.4) is 0 Å². The van der Waals surface area contributed by atoms with Crippen molar-refractivity contribution in [1.29, 1.82) is 0 Å². The second kappa shape index (κ2) is 6.76. The molecule has 0 aliphatic rings. The second-order valence-electron chi connectivity index (χ2n) is 4.57. The molecule has 0 aliphatic heterocycles. The highest BCUT2D eigenvalue weighted by atomic mass is 16.5. The smallest absolute Gasteiger partial charge is 0.161 e. The molecule has 1 N–H and O–H groups in total. The number of ketones is 1. The molecule has 0 aliphatic carbocycles. The molecule has 0 saturated carbocycles. The van der Waals surface area contributed by atoms with E-state index in [0.29, 0.717) is 28.7 Å². The van der Waals surface area contributed by atoms with Crippen LogP contribution >= 0.6 is 0 Å². The zero-order valence-electron chi connectivity index (χ0n) is 11.6. The van der Waals surface area contributed by atoms with Gasteiger partial charge in [-0.05, 0) is 30.7 Å². The highest BCUT2D eigenvalue weighted by Gasteiger charge is 2.06. The number of carbonyl (C=O) groups excluding carboxylic acids is 2. The summed E-state index contributed by atoms with van der Waals surface area (Å²) in [5.41, 5.74) is 2.27. The van der Waals surface area contributed by atoms with E-state index in [2.05, 4.69) is 4.98 Å². The first-order chi connectivity index (χ1) is 10.1. The van der Waals surface area contributed by atoms with Crippen molar-refractivity contribution in [3.05, 3.63) is 58.9 Å². The zero-order valence-corrected chi connectivity index (χ0v) is 11.6. The summed E-state index contributed by atoms with van der Waals surface area (Å²) in [4.78, 5) is 26.3. The molecule has 2 aromatic rings. The van der Waals surface area contributed by atoms with Gasteiger partial charge in [0.15, 0.2) is 12.1 Å². The van der Waals surface area contributed by atoms with Crippen LogP contribution in [-0.2, 0) is 13.2 Å². The van der Waals surface area contributed by atoms with Gasteiger partial charge in [0.25, 0.3) is 0 Å².